The van der Waals surface area contributed by atoms with Crippen LogP contribution in [0, 0.1) is 17.8 Å². The first-order chi connectivity index (χ1) is 15.6. The second-order valence-corrected chi connectivity index (χ2v) is 8.93. The number of hydrogen-bond acceptors (Lipinski definition) is 5. The van der Waals surface area contributed by atoms with E-state index in [1.54, 1.807) is 12.2 Å². The summed E-state index contributed by atoms with van der Waals surface area (Å²) in [5.41, 5.74) is -0.769. The Kier molecular flexibility index (Phi) is 8.78. The Morgan fingerprint density at radius 1 is 1.24 bits per heavy atom. The Labute approximate surface area is 191 Å². The summed E-state index contributed by atoms with van der Waals surface area (Å²) >= 11 is 0. The lowest BCUT2D eigenvalue weighted by atomic mass is 9.86. The molecule has 0 radical (unpaired) electrons. The second kappa shape index (κ2) is 11.4. The fourth-order valence-electron chi connectivity index (χ4n) is 4.72. The highest BCUT2D eigenvalue weighted by Crippen LogP contribution is 2.42. The standard InChI is InChI=1S/C24H31F3O6/c25-24(26,27)16-5-8-18(9-6-16)32-14-17(28)7-11-19-20-10-4-15(2-1-3-23(30)31)13-33-22(20)12-21(19)29/h5-9,11,15,17,19-22,28-29H,1-4,10,12-14H2,(H,30,31)/t15-,17+,19+,20+,21+,22-/m0/s1. The molecule has 1 heterocycles. The van der Waals surface area contributed by atoms with Crippen molar-refractivity contribution >= 4 is 5.97 Å². The molecule has 0 spiro atoms. The summed E-state index contributed by atoms with van der Waals surface area (Å²) in [4.78, 5) is 10.7. The van der Waals surface area contributed by atoms with Gasteiger partial charge in [-0.1, -0.05) is 12.2 Å². The number of aliphatic hydroxyl groups is 2. The van der Waals surface area contributed by atoms with Crippen LogP contribution < -0.4 is 4.74 Å². The van der Waals surface area contributed by atoms with E-state index in [1.807, 2.05) is 0 Å². The Morgan fingerprint density at radius 2 is 1.97 bits per heavy atom. The fourth-order valence-corrected chi connectivity index (χ4v) is 4.72. The van der Waals surface area contributed by atoms with Gasteiger partial charge in [-0.25, -0.2) is 0 Å². The summed E-state index contributed by atoms with van der Waals surface area (Å²) in [6.07, 6.45) is 1.13. The maximum Gasteiger partial charge on any atom is 0.416 e. The molecule has 0 unspecified atom stereocenters. The summed E-state index contributed by atoms with van der Waals surface area (Å²) in [5, 5.41) is 29.5. The van der Waals surface area contributed by atoms with Crippen molar-refractivity contribution in [3.8, 4) is 5.75 Å². The van der Waals surface area contributed by atoms with Crippen LogP contribution in [0.5, 0.6) is 5.75 Å². The summed E-state index contributed by atoms with van der Waals surface area (Å²) in [6, 6.07) is 4.27. The van der Waals surface area contributed by atoms with Crippen LogP contribution in [0.2, 0.25) is 0 Å². The third-order valence-corrected chi connectivity index (χ3v) is 6.51. The molecule has 0 aromatic heterocycles. The smallest absolute Gasteiger partial charge is 0.416 e. The molecule has 2 aliphatic rings. The number of ether oxygens (including phenoxy) is 2. The predicted molar refractivity (Wildman–Crippen MR) is 114 cm³/mol. The van der Waals surface area contributed by atoms with E-state index >= 15 is 0 Å². The largest absolute Gasteiger partial charge is 0.491 e. The van der Waals surface area contributed by atoms with E-state index in [1.165, 1.54) is 12.1 Å². The van der Waals surface area contributed by atoms with Crippen LogP contribution in [0.15, 0.2) is 36.4 Å². The van der Waals surface area contributed by atoms with Gasteiger partial charge in [-0.2, -0.15) is 13.2 Å². The molecular weight excluding hydrogens is 441 g/mol. The highest BCUT2D eigenvalue weighted by atomic mass is 19.4. The van der Waals surface area contributed by atoms with Crippen molar-refractivity contribution in [3.05, 3.63) is 42.0 Å². The molecule has 0 bridgehead atoms. The van der Waals surface area contributed by atoms with Gasteiger partial charge in [-0.05, 0) is 61.8 Å². The molecule has 1 aliphatic heterocycles. The molecule has 6 atom stereocenters. The van der Waals surface area contributed by atoms with Gasteiger partial charge in [0.05, 0.1) is 17.8 Å². The van der Waals surface area contributed by atoms with Crippen molar-refractivity contribution in [2.75, 3.05) is 13.2 Å². The Bertz CT molecular complexity index is 794. The first-order valence-electron chi connectivity index (χ1n) is 11.3. The minimum absolute atomic E-state index is 0.0698. The van der Waals surface area contributed by atoms with Crippen molar-refractivity contribution in [2.45, 2.75) is 63.0 Å². The van der Waals surface area contributed by atoms with Crippen molar-refractivity contribution in [3.63, 3.8) is 0 Å². The molecule has 2 fully saturated rings. The summed E-state index contributed by atoms with van der Waals surface area (Å²) in [7, 11) is 0. The molecule has 3 rings (SSSR count). The summed E-state index contributed by atoms with van der Waals surface area (Å²) < 4.78 is 49.3. The van der Waals surface area contributed by atoms with Crippen molar-refractivity contribution < 1.29 is 42.8 Å². The molecule has 1 aromatic rings. The third-order valence-electron chi connectivity index (χ3n) is 6.51. The van der Waals surface area contributed by atoms with Crippen LogP contribution in [0.3, 0.4) is 0 Å². The van der Waals surface area contributed by atoms with Crippen LogP contribution in [-0.2, 0) is 15.7 Å². The van der Waals surface area contributed by atoms with E-state index in [-0.39, 0.29) is 36.7 Å². The molecule has 33 heavy (non-hydrogen) atoms. The lowest BCUT2D eigenvalue weighted by Crippen LogP contribution is -2.22. The third kappa shape index (κ3) is 7.45. The molecule has 1 saturated carbocycles. The number of carbonyl (C=O) groups is 1. The number of benzene rings is 1. The van der Waals surface area contributed by atoms with Gasteiger partial charge in [0.1, 0.15) is 18.5 Å². The van der Waals surface area contributed by atoms with Crippen LogP contribution in [-0.4, -0.2) is 52.8 Å². The number of hydrogen-bond donors (Lipinski definition) is 3. The molecule has 184 valence electrons. The maximum atomic E-state index is 12.6. The number of aliphatic carboxylic acids is 1. The van der Waals surface area contributed by atoms with Crippen LogP contribution in [0.25, 0.3) is 0 Å². The van der Waals surface area contributed by atoms with Crippen LogP contribution >= 0.6 is 0 Å². The average Bonchev–Trinajstić information content (AvgIpc) is 2.92. The van der Waals surface area contributed by atoms with Gasteiger partial charge in [0.25, 0.3) is 0 Å². The number of fused-ring (bicyclic) bond motifs is 1. The zero-order valence-corrected chi connectivity index (χ0v) is 18.3. The minimum atomic E-state index is -4.42. The van der Waals surface area contributed by atoms with Gasteiger partial charge < -0.3 is 24.8 Å². The van der Waals surface area contributed by atoms with Gasteiger partial charge in [-0.3, -0.25) is 4.79 Å². The van der Waals surface area contributed by atoms with Gasteiger partial charge in [-0.15, -0.1) is 0 Å². The monoisotopic (exact) mass is 472 g/mol. The van der Waals surface area contributed by atoms with Gasteiger partial charge in [0.2, 0.25) is 0 Å². The first-order valence-corrected chi connectivity index (χ1v) is 11.3. The summed E-state index contributed by atoms with van der Waals surface area (Å²) in [5.74, 6) is -0.324. The van der Waals surface area contributed by atoms with E-state index < -0.39 is 29.9 Å². The first kappa shape index (κ1) is 25.5. The van der Waals surface area contributed by atoms with E-state index in [0.717, 1.165) is 31.4 Å². The molecule has 0 amide bonds. The number of rotatable bonds is 9. The number of carboxylic acids is 1. The Hall–Kier alpha value is -2.10. The van der Waals surface area contributed by atoms with E-state index in [0.29, 0.717) is 25.4 Å². The van der Waals surface area contributed by atoms with Gasteiger partial charge in [0, 0.05) is 25.4 Å². The fraction of sp³-hybridized carbons (Fsp3) is 0.625. The van der Waals surface area contributed by atoms with E-state index in [2.05, 4.69) is 0 Å². The SMILES string of the molecule is O=C(O)CCC[C@H]1CC[C@@H]2[C@@H](C=C[C@@H](O)COc3ccc(C(F)(F)F)cc3)[C@H](O)C[C@@H]2OC1. The molecular formula is C24H31F3O6. The highest BCUT2D eigenvalue weighted by Gasteiger charge is 2.43. The Balaban J connectivity index is 1.48. The zero-order chi connectivity index (χ0) is 24.0. The van der Waals surface area contributed by atoms with E-state index in [9.17, 15) is 28.2 Å². The molecule has 1 aliphatic carbocycles. The number of alkyl halides is 3. The lowest BCUT2D eigenvalue weighted by molar-refractivity contribution is -0.138. The number of halogens is 3. The molecule has 1 aromatic carbocycles. The molecule has 6 nitrogen and oxygen atoms in total. The quantitative estimate of drug-likeness (QED) is 0.470. The van der Waals surface area contributed by atoms with Crippen LogP contribution in [0.1, 0.15) is 44.1 Å². The predicted octanol–water partition coefficient (Wildman–Crippen LogP) is 4.05. The maximum absolute atomic E-state index is 12.6. The van der Waals surface area contributed by atoms with Crippen molar-refractivity contribution in [2.24, 2.45) is 17.8 Å². The lowest BCUT2D eigenvalue weighted by Gasteiger charge is -2.21. The average molecular weight is 473 g/mol. The molecule has 9 heteroatoms. The normalized spacial score (nSPS) is 28.9. The van der Waals surface area contributed by atoms with Gasteiger partial charge in [0.15, 0.2) is 0 Å². The van der Waals surface area contributed by atoms with Gasteiger partial charge >= 0.3 is 12.1 Å². The Morgan fingerprint density at radius 3 is 2.64 bits per heavy atom. The molecule has 1 saturated heterocycles. The van der Waals surface area contributed by atoms with E-state index in [4.69, 9.17) is 14.6 Å². The number of aliphatic hydroxyl groups excluding tert-OH is 2. The zero-order valence-electron chi connectivity index (χ0n) is 18.3. The van der Waals surface area contributed by atoms with Crippen molar-refractivity contribution in [1.29, 1.82) is 0 Å². The highest BCUT2D eigenvalue weighted by molar-refractivity contribution is 5.66. The van der Waals surface area contributed by atoms with Crippen LogP contribution in [0.4, 0.5) is 13.2 Å². The summed E-state index contributed by atoms with van der Waals surface area (Å²) in [6.45, 7) is 0.439. The molecule has 3 N–H and O–H groups in total. The van der Waals surface area contributed by atoms with Crippen molar-refractivity contribution in [1.82, 2.24) is 0 Å². The topological polar surface area (TPSA) is 96.2 Å². The minimum Gasteiger partial charge on any atom is -0.491 e. The number of carboxylic acid groups (broad SMARTS) is 1. The second-order valence-electron chi connectivity index (χ2n) is 8.93.